The number of amides is 2. The van der Waals surface area contributed by atoms with Crippen molar-refractivity contribution in [2.24, 2.45) is 5.92 Å². The van der Waals surface area contributed by atoms with Gasteiger partial charge in [-0.2, -0.15) is 0 Å². The normalized spacial score (nSPS) is 25.1. The molecule has 0 aromatic carbocycles. The van der Waals surface area contributed by atoms with Crippen molar-refractivity contribution in [3.05, 3.63) is 30.1 Å². The fourth-order valence-electron chi connectivity index (χ4n) is 5.38. The highest BCUT2D eigenvalue weighted by atomic mass is 16.5. The Morgan fingerprint density at radius 2 is 1.81 bits per heavy atom. The first-order valence-electron chi connectivity index (χ1n) is 11.8. The molecule has 1 aliphatic carbocycles. The van der Waals surface area contributed by atoms with E-state index in [-0.39, 0.29) is 23.9 Å². The van der Waals surface area contributed by atoms with Gasteiger partial charge in [0.2, 0.25) is 5.91 Å². The van der Waals surface area contributed by atoms with E-state index in [1.165, 1.54) is 25.7 Å². The van der Waals surface area contributed by atoms with E-state index in [2.05, 4.69) is 4.98 Å². The van der Waals surface area contributed by atoms with Gasteiger partial charge in [0.25, 0.3) is 5.91 Å². The molecule has 0 unspecified atom stereocenters. The highest BCUT2D eigenvalue weighted by Crippen LogP contribution is 2.41. The van der Waals surface area contributed by atoms with Crippen molar-refractivity contribution in [1.82, 2.24) is 14.8 Å². The van der Waals surface area contributed by atoms with Crippen molar-refractivity contribution in [3.63, 3.8) is 0 Å². The molecule has 4 rings (SSSR count). The van der Waals surface area contributed by atoms with Crippen molar-refractivity contribution in [2.75, 3.05) is 33.4 Å². The minimum Gasteiger partial charge on any atom is -0.382 e. The molecular formula is C24H35N3O4. The van der Waals surface area contributed by atoms with E-state index >= 15 is 0 Å². The molecule has 170 valence electrons. The third-order valence-electron chi connectivity index (χ3n) is 7.17. The quantitative estimate of drug-likeness (QED) is 0.446. The summed E-state index contributed by atoms with van der Waals surface area (Å²) in [4.78, 5) is 33.7. The summed E-state index contributed by atoms with van der Waals surface area (Å²) in [5.74, 6) is 1.08. The van der Waals surface area contributed by atoms with Gasteiger partial charge in [-0.3, -0.25) is 14.6 Å². The molecule has 7 heteroatoms. The predicted molar refractivity (Wildman–Crippen MR) is 116 cm³/mol. The van der Waals surface area contributed by atoms with E-state index in [1.807, 2.05) is 21.9 Å². The number of nitrogens with zero attached hydrogens (tertiary/aromatic N) is 3. The number of hydrogen-bond donors (Lipinski definition) is 0. The summed E-state index contributed by atoms with van der Waals surface area (Å²) < 4.78 is 10.9. The van der Waals surface area contributed by atoms with Gasteiger partial charge in [-0.1, -0.05) is 25.7 Å². The van der Waals surface area contributed by atoms with Gasteiger partial charge in [-0.15, -0.1) is 0 Å². The second kappa shape index (κ2) is 10.6. The summed E-state index contributed by atoms with van der Waals surface area (Å²) in [6, 6.07) is 3.96. The molecule has 1 aromatic heterocycles. The Hall–Kier alpha value is -1.99. The van der Waals surface area contributed by atoms with Crippen molar-refractivity contribution in [1.29, 1.82) is 0 Å². The molecule has 2 amide bonds. The van der Waals surface area contributed by atoms with Gasteiger partial charge in [0, 0.05) is 45.1 Å². The first kappa shape index (κ1) is 22.2. The standard InChI is InChI=1S/C24H35N3O4/c1-30-16-17-31-23-22(19-8-12-25-13-9-19)27(24(23)29)20-10-14-26(15-11-20)21(28)7-6-18-4-2-3-5-18/h8-9,12-13,18,20,22-23H,2-7,10-11,14-17H2,1H3/t22-,23+/m0/s1. The Morgan fingerprint density at radius 1 is 1.10 bits per heavy atom. The number of carbonyl (C=O) groups excluding carboxylic acids is 2. The van der Waals surface area contributed by atoms with Crippen molar-refractivity contribution in [3.8, 4) is 0 Å². The number of likely N-dealkylation sites (tertiary alicyclic amines) is 2. The first-order valence-corrected chi connectivity index (χ1v) is 11.8. The Bertz CT molecular complexity index is 730. The summed E-state index contributed by atoms with van der Waals surface area (Å²) in [5, 5.41) is 0. The highest BCUT2D eigenvalue weighted by molar-refractivity contribution is 5.89. The lowest BCUT2D eigenvalue weighted by Gasteiger charge is -2.52. The van der Waals surface area contributed by atoms with Gasteiger partial charge >= 0.3 is 0 Å². The van der Waals surface area contributed by atoms with Crippen LogP contribution in [0.4, 0.5) is 0 Å². The monoisotopic (exact) mass is 429 g/mol. The van der Waals surface area contributed by atoms with Crippen LogP contribution in [0, 0.1) is 5.92 Å². The lowest BCUT2D eigenvalue weighted by Crippen LogP contribution is -2.65. The maximum absolute atomic E-state index is 13.0. The Labute approximate surface area is 185 Å². The molecule has 2 atom stereocenters. The SMILES string of the molecule is COCCO[C@H]1C(=O)N(C2CCN(C(=O)CCC3CCCC3)CC2)[C@H]1c1ccncc1. The van der Waals surface area contributed by atoms with Crippen LogP contribution in [0.2, 0.25) is 0 Å². The molecule has 1 saturated carbocycles. The molecule has 3 heterocycles. The number of pyridine rings is 1. The molecule has 0 spiro atoms. The first-order chi connectivity index (χ1) is 15.2. The third kappa shape index (κ3) is 5.09. The highest BCUT2D eigenvalue weighted by Gasteiger charge is 2.52. The van der Waals surface area contributed by atoms with Gasteiger partial charge in [0.05, 0.1) is 19.3 Å². The largest absolute Gasteiger partial charge is 0.382 e. The Kier molecular flexibility index (Phi) is 7.56. The van der Waals surface area contributed by atoms with E-state index in [1.54, 1.807) is 19.5 Å². The Balaban J connectivity index is 1.33. The maximum atomic E-state index is 13.0. The van der Waals surface area contributed by atoms with Crippen LogP contribution in [0.15, 0.2) is 24.5 Å². The fourth-order valence-corrected chi connectivity index (χ4v) is 5.38. The summed E-state index contributed by atoms with van der Waals surface area (Å²) in [5.41, 5.74) is 1.05. The topological polar surface area (TPSA) is 72.0 Å². The van der Waals surface area contributed by atoms with Crippen molar-refractivity contribution >= 4 is 11.8 Å². The minimum atomic E-state index is -0.469. The average molecular weight is 430 g/mol. The predicted octanol–water partition coefficient (Wildman–Crippen LogP) is 2.96. The van der Waals surface area contributed by atoms with E-state index in [4.69, 9.17) is 9.47 Å². The zero-order valence-corrected chi connectivity index (χ0v) is 18.6. The minimum absolute atomic E-state index is 0.0453. The van der Waals surface area contributed by atoms with Crippen molar-refractivity contribution < 1.29 is 19.1 Å². The van der Waals surface area contributed by atoms with Gasteiger partial charge in [0.1, 0.15) is 0 Å². The fraction of sp³-hybridized carbons (Fsp3) is 0.708. The molecule has 3 fully saturated rings. The number of piperidine rings is 1. The smallest absolute Gasteiger partial charge is 0.255 e. The zero-order valence-electron chi connectivity index (χ0n) is 18.6. The molecule has 7 nitrogen and oxygen atoms in total. The number of ether oxygens (including phenoxy) is 2. The van der Waals surface area contributed by atoms with Gasteiger partial charge in [-0.25, -0.2) is 0 Å². The molecule has 2 aliphatic heterocycles. The number of methoxy groups -OCH3 is 1. The lowest BCUT2D eigenvalue weighted by molar-refractivity contribution is -0.184. The van der Waals surface area contributed by atoms with Crippen LogP contribution in [-0.4, -0.2) is 72.2 Å². The molecule has 0 bridgehead atoms. The Morgan fingerprint density at radius 3 is 2.48 bits per heavy atom. The van der Waals surface area contributed by atoms with Crippen molar-refractivity contribution in [2.45, 2.75) is 69.6 Å². The molecule has 0 radical (unpaired) electrons. The third-order valence-corrected chi connectivity index (χ3v) is 7.17. The van der Waals surface area contributed by atoms with E-state index in [9.17, 15) is 9.59 Å². The average Bonchev–Trinajstić information content (AvgIpc) is 3.33. The van der Waals surface area contributed by atoms with Gasteiger partial charge in [-0.05, 0) is 42.9 Å². The number of carbonyl (C=O) groups is 2. The summed E-state index contributed by atoms with van der Waals surface area (Å²) in [6.07, 6.45) is 11.6. The molecule has 0 N–H and O–H groups in total. The summed E-state index contributed by atoms with van der Waals surface area (Å²) in [7, 11) is 1.63. The van der Waals surface area contributed by atoms with Crippen LogP contribution in [0.5, 0.6) is 0 Å². The number of hydrogen-bond acceptors (Lipinski definition) is 5. The van der Waals surface area contributed by atoms with Gasteiger partial charge in [0.15, 0.2) is 6.10 Å². The van der Waals surface area contributed by atoms with Crippen LogP contribution in [0.3, 0.4) is 0 Å². The summed E-state index contributed by atoms with van der Waals surface area (Å²) >= 11 is 0. The summed E-state index contributed by atoms with van der Waals surface area (Å²) in [6.45, 7) is 2.33. The molecule has 1 aromatic rings. The lowest BCUT2D eigenvalue weighted by atomic mass is 9.86. The van der Waals surface area contributed by atoms with Crippen LogP contribution < -0.4 is 0 Å². The van der Waals surface area contributed by atoms with E-state index < -0.39 is 6.10 Å². The van der Waals surface area contributed by atoms with Crippen LogP contribution in [0.1, 0.15) is 63.0 Å². The maximum Gasteiger partial charge on any atom is 0.255 e. The number of aromatic nitrogens is 1. The number of rotatable bonds is 9. The van der Waals surface area contributed by atoms with E-state index in [0.717, 1.165) is 43.8 Å². The second-order valence-corrected chi connectivity index (χ2v) is 9.06. The van der Waals surface area contributed by atoms with Crippen LogP contribution >= 0.6 is 0 Å². The molecule has 2 saturated heterocycles. The van der Waals surface area contributed by atoms with E-state index in [0.29, 0.717) is 19.6 Å². The molecule has 3 aliphatic rings. The molecule has 31 heavy (non-hydrogen) atoms. The molecular weight excluding hydrogens is 394 g/mol. The number of β-lactam (4-membered cyclic amide) rings is 1. The zero-order chi connectivity index (χ0) is 21.6. The van der Waals surface area contributed by atoms with Crippen LogP contribution in [-0.2, 0) is 19.1 Å². The van der Waals surface area contributed by atoms with Crippen LogP contribution in [0.25, 0.3) is 0 Å². The second-order valence-electron chi connectivity index (χ2n) is 9.06. The van der Waals surface area contributed by atoms with Gasteiger partial charge < -0.3 is 19.3 Å².